The van der Waals surface area contributed by atoms with Crippen LogP contribution in [0, 0.1) is 11.8 Å². The van der Waals surface area contributed by atoms with Gasteiger partial charge in [0.25, 0.3) is 0 Å². The highest BCUT2D eigenvalue weighted by Gasteiger charge is 2.25. The number of benzene rings is 3. The first-order valence-corrected chi connectivity index (χ1v) is 15.7. The average molecular weight is 621 g/mol. The number of rotatable bonds is 4. The van der Waals surface area contributed by atoms with Crippen molar-refractivity contribution >= 4 is 61.8 Å². The summed E-state index contributed by atoms with van der Waals surface area (Å²) in [6.45, 7) is 0. The zero-order valence-corrected chi connectivity index (χ0v) is 25.9. The summed E-state index contributed by atoms with van der Waals surface area (Å²) in [5, 5.41) is 5.13. The molecule has 0 saturated carbocycles. The lowest BCUT2D eigenvalue weighted by molar-refractivity contribution is 0.987. The molecule has 47 heavy (non-hydrogen) atoms. The van der Waals surface area contributed by atoms with Crippen LogP contribution in [-0.4, -0.2) is 29.5 Å². The predicted octanol–water partition coefficient (Wildman–Crippen LogP) is 9.03. The molecular weight excluding hydrogens is 597 g/mol. The van der Waals surface area contributed by atoms with Crippen LogP contribution in [0.2, 0.25) is 0 Å². The molecule has 0 spiro atoms. The SMILES string of the molecule is Sc1c(C2=CC=CCC#C2)c2ccccc2c2c3cccnc3n(-c3nc(-c4ccc(-c5ccccn5)cn4)c4ccccc4n3)c12. The molecule has 8 aromatic rings. The highest BCUT2D eigenvalue weighted by molar-refractivity contribution is 7.80. The van der Waals surface area contributed by atoms with Crippen LogP contribution in [0.3, 0.4) is 0 Å². The minimum absolute atomic E-state index is 0.491. The molecule has 7 heteroatoms. The molecule has 0 bridgehead atoms. The number of hydrogen-bond donors (Lipinski definition) is 1. The third-order valence-electron chi connectivity index (χ3n) is 8.52. The summed E-state index contributed by atoms with van der Waals surface area (Å²) < 4.78 is 2.04. The van der Waals surface area contributed by atoms with Crippen molar-refractivity contribution in [1.29, 1.82) is 0 Å². The van der Waals surface area contributed by atoms with Gasteiger partial charge >= 0.3 is 0 Å². The maximum atomic E-state index is 5.28. The Morgan fingerprint density at radius 3 is 2.36 bits per heavy atom. The summed E-state index contributed by atoms with van der Waals surface area (Å²) in [6, 6.07) is 30.4. The summed E-state index contributed by atoms with van der Waals surface area (Å²) in [7, 11) is 0. The van der Waals surface area contributed by atoms with E-state index in [0.29, 0.717) is 12.4 Å². The van der Waals surface area contributed by atoms with Crippen LogP contribution in [-0.2, 0) is 0 Å². The molecule has 0 N–H and O–H groups in total. The van der Waals surface area contributed by atoms with E-state index < -0.39 is 0 Å². The van der Waals surface area contributed by atoms with Gasteiger partial charge in [-0.3, -0.25) is 14.5 Å². The number of aromatic nitrogens is 6. The van der Waals surface area contributed by atoms with Crippen molar-refractivity contribution in [3.63, 3.8) is 0 Å². The maximum absolute atomic E-state index is 5.28. The van der Waals surface area contributed by atoms with Crippen LogP contribution in [0.1, 0.15) is 12.0 Å². The molecule has 5 heterocycles. The third-order valence-corrected chi connectivity index (χ3v) is 8.96. The molecule has 0 unspecified atom stereocenters. The summed E-state index contributed by atoms with van der Waals surface area (Å²) in [4.78, 5) is 25.4. The van der Waals surface area contributed by atoms with Gasteiger partial charge in [-0.15, -0.1) is 12.6 Å². The standard InChI is InChI=1S/C40H24N6S/c47-38-34(25-12-3-1-2-4-13-25)27-14-5-6-15-28(27)35-30-17-11-23-42-39(30)46(37(35)38)40-44-32-19-8-7-16-29(32)36(45-40)33-21-20-26(24-43-33)31-18-9-10-22-41-31/h1,3,5-12,14-24,47H,2H2. The molecule has 0 saturated heterocycles. The fraction of sp³-hybridized carbons (Fsp3) is 0.0250. The van der Waals surface area contributed by atoms with Crippen LogP contribution in [0.4, 0.5) is 0 Å². The van der Waals surface area contributed by atoms with E-state index in [1.807, 2.05) is 77.6 Å². The van der Waals surface area contributed by atoms with Crippen LogP contribution < -0.4 is 0 Å². The van der Waals surface area contributed by atoms with E-state index in [-0.39, 0.29) is 0 Å². The molecule has 0 aliphatic heterocycles. The van der Waals surface area contributed by atoms with E-state index in [4.69, 9.17) is 32.6 Å². The van der Waals surface area contributed by atoms with Gasteiger partial charge in [0.2, 0.25) is 5.95 Å². The van der Waals surface area contributed by atoms with Gasteiger partial charge in [0, 0.05) is 62.8 Å². The smallest absolute Gasteiger partial charge is 0.237 e. The highest BCUT2D eigenvalue weighted by Crippen LogP contribution is 2.44. The average Bonchev–Trinajstić information content (AvgIpc) is 3.25. The van der Waals surface area contributed by atoms with E-state index in [9.17, 15) is 0 Å². The number of nitrogens with zero attached hydrogens (tertiary/aromatic N) is 6. The third kappa shape index (κ3) is 4.42. The summed E-state index contributed by atoms with van der Waals surface area (Å²) >= 11 is 5.28. The van der Waals surface area contributed by atoms with Crippen molar-refractivity contribution in [1.82, 2.24) is 29.5 Å². The van der Waals surface area contributed by atoms with Crippen molar-refractivity contribution < 1.29 is 0 Å². The monoisotopic (exact) mass is 620 g/mol. The molecule has 220 valence electrons. The number of allylic oxidation sites excluding steroid dienone is 4. The molecular formula is C40H24N6S. The van der Waals surface area contributed by atoms with Crippen molar-refractivity contribution in [3.8, 4) is 40.4 Å². The first-order chi connectivity index (χ1) is 23.3. The number of fused-ring (bicyclic) bond motifs is 6. The molecule has 9 rings (SSSR count). The summed E-state index contributed by atoms with van der Waals surface area (Å²) in [5.41, 5.74) is 7.60. The van der Waals surface area contributed by atoms with Crippen molar-refractivity contribution in [3.05, 3.63) is 133 Å². The molecule has 0 radical (unpaired) electrons. The second-order valence-corrected chi connectivity index (χ2v) is 11.7. The topological polar surface area (TPSA) is 69.4 Å². The van der Waals surface area contributed by atoms with Crippen LogP contribution in [0.25, 0.3) is 77.8 Å². The van der Waals surface area contributed by atoms with Gasteiger partial charge in [-0.1, -0.05) is 72.5 Å². The van der Waals surface area contributed by atoms with Crippen molar-refractivity contribution in [2.75, 3.05) is 0 Å². The quantitative estimate of drug-likeness (QED) is 0.157. The highest BCUT2D eigenvalue weighted by atomic mass is 32.1. The molecule has 3 aromatic carbocycles. The molecule has 6 nitrogen and oxygen atoms in total. The Morgan fingerprint density at radius 2 is 1.51 bits per heavy atom. The predicted molar refractivity (Wildman–Crippen MR) is 192 cm³/mol. The number of pyridine rings is 3. The van der Waals surface area contributed by atoms with Crippen LogP contribution in [0.15, 0.2) is 133 Å². The van der Waals surface area contributed by atoms with Gasteiger partial charge in [-0.2, -0.15) is 0 Å². The number of hydrogen-bond acceptors (Lipinski definition) is 6. The van der Waals surface area contributed by atoms with E-state index in [2.05, 4.69) is 65.4 Å². The van der Waals surface area contributed by atoms with Gasteiger partial charge in [-0.05, 0) is 59.3 Å². The van der Waals surface area contributed by atoms with E-state index >= 15 is 0 Å². The minimum Gasteiger partial charge on any atom is -0.260 e. The lowest BCUT2D eigenvalue weighted by atomic mass is 9.94. The second-order valence-electron chi connectivity index (χ2n) is 11.3. The van der Waals surface area contributed by atoms with E-state index in [1.165, 1.54) is 0 Å². The Labute approximate surface area is 275 Å². The summed E-state index contributed by atoms with van der Waals surface area (Å²) in [6.07, 6.45) is 12.3. The molecule has 0 amide bonds. The molecule has 1 aliphatic carbocycles. The maximum Gasteiger partial charge on any atom is 0.237 e. The lowest BCUT2D eigenvalue weighted by Crippen LogP contribution is -2.05. The van der Waals surface area contributed by atoms with Gasteiger partial charge in [0.05, 0.1) is 22.4 Å². The molecule has 0 fully saturated rings. The fourth-order valence-corrected chi connectivity index (χ4v) is 6.90. The van der Waals surface area contributed by atoms with Crippen molar-refractivity contribution in [2.24, 2.45) is 0 Å². The zero-order valence-electron chi connectivity index (χ0n) is 25.0. The first-order valence-electron chi connectivity index (χ1n) is 15.3. The second kappa shape index (κ2) is 11.1. The Hall–Kier alpha value is -6.10. The van der Waals surface area contributed by atoms with Crippen LogP contribution in [0.5, 0.6) is 0 Å². The zero-order chi connectivity index (χ0) is 31.3. The number of para-hydroxylation sites is 1. The normalized spacial score (nSPS) is 12.7. The Kier molecular flexibility index (Phi) is 6.41. The van der Waals surface area contributed by atoms with Crippen LogP contribution >= 0.6 is 12.6 Å². The van der Waals surface area contributed by atoms with E-state index in [0.717, 1.165) is 82.3 Å². The van der Waals surface area contributed by atoms with Gasteiger partial charge in [0.15, 0.2) is 0 Å². The molecule has 5 aromatic heterocycles. The number of thiol groups is 1. The van der Waals surface area contributed by atoms with Gasteiger partial charge in [0.1, 0.15) is 11.3 Å². The van der Waals surface area contributed by atoms with Gasteiger partial charge < -0.3 is 0 Å². The Bertz CT molecular complexity index is 2660. The summed E-state index contributed by atoms with van der Waals surface area (Å²) in [5.74, 6) is 7.16. The van der Waals surface area contributed by atoms with Gasteiger partial charge in [-0.25, -0.2) is 15.0 Å². The lowest BCUT2D eigenvalue weighted by Gasteiger charge is -2.15. The minimum atomic E-state index is 0.491. The fourth-order valence-electron chi connectivity index (χ4n) is 6.45. The largest absolute Gasteiger partial charge is 0.260 e. The molecule has 0 atom stereocenters. The van der Waals surface area contributed by atoms with E-state index in [1.54, 1.807) is 6.20 Å². The first kappa shape index (κ1) is 27.2. The molecule has 1 aliphatic rings. The van der Waals surface area contributed by atoms with Crippen molar-refractivity contribution in [2.45, 2.75) is 11.3 Å². The Balaban J connectivity index is 1.36. The Morgan fingerprint density at radius 1 is 0.702 bits per heavy atom.